The molecule has 1 aromatic heterocycles. The topological polar surface area (TPSA) is 60.2 Å². The first-order valence-corrected chi connectivity index (χ1v) is 6.43. The lowest BCUT2D eigenvalue weighted by Gasteiger charge is -2.21. The zero-order valence-corrected chi connectivity index (χ0v) is 12.1. The molecule has 0 unspecified atom stereocenters. The highest BCUT2D eigenvalue weighted by Gasteiger charge is 2.16. The van der Waals surface area contributed by atoms with Gasteiger partial charge in [0.2, 0.25) is 5.88 Å². The third-order valence-corrected chi connectivity index (χ3v) is 2.51. The maximum atomic E-state index is 13.6. The number of halogens is 2. The van der Waals surface area contributed by atoms with E-state index in [9.17, 15) is 8.78 Å². The monoisotopic (exact) mass is 293 g/mol. The van der Waals surface area contributed by atoms with Crippen LogP contribution in [-0.4, -0.2) is 10.6 Å². The third kappa shape index (κ3) is 3.81. The first-order chi connectivity index (χ1) is 9.76. The summed E-state index contributed by atoms with van der Waals surface area (Å²) in [6.07, 6.45) is 0. The summed E-state index contributed by atoms with van der Waals surface area (Å²) in [6.45, 7) is 5.56. The first kappa shape index (κ1) is 15.0. The molecule has 0 saturated heterocycles. The number of hydrogen-bond acceptors (Lipinski definition) is 4. The molecule has 0 fully saturated rings. The Balaban J connectivity index is 2.31. The lowest BCUT2D eigenvalue weighted by Crippen LogP contribution is -2.24. The molecule has 1 heterocycles. The number of ether oxygens (including phenoxy) is 1. The zero-order chi connectivity index (χ0) is 15.6. The van der Waals surface area contributed by atoms with E-state index in [2.05, 4.69) is 10.3 Å². The van der Waals surface area contributed by atoms with Gasteiger partial charge in [0.15, 0.2) is 0 Å². The number of hydrogen-bond donors (Lipinski definition) is 2. The molecule has 0 amide bonds. The second kappa shape index (κ2) is 5.55. The van der Waals surface area contributed by atoms with Gasteiger partial charge in [0.25, 0.3) is 0 Å². The summed E-state index contributed by atoms with van der Waals surface area (Å²) in [6, 6.07) is 6.71. The van der Waals surface area contributed by atoms with Gasteiger partial charge in [-0.1, -0.05) is 6.07 Å². The van der Waals surface area contributed by atoms with Crippen molar-refractivity contribution in [3.05, 3.63) is 42.0 Å². The highest BCUT2D eigenvalue weighted by Crippen LogP contribution is 2.28. The van der Waals surface area contributed by atoms with Gasteiger partial charge in [0, 0.05) is 0 Å². The van der Waals surface area contributed by atoms with E-state index in [0.29, 0.717) is 5.69 Å². The van der Waals surface area contributed by atoms with E-state index < -0.39 is 17.2 Å². The summed E-state index contributed by atoms with van der Waals surface area (Å²) in [4.78, 5) is 4.14. The van der Waals surface area contributed by atoms with Gasteiger partial charge in [-0.2, -0.15) is 4.98 Å². The molecular formula is C15H17F2N3O. The Kier molecular flexibility index (Phi) is 3.97. The molecule has 1 aromatic carbocycles. The number of nitrogens with zero attached hydrogens (tertiary/aromatic N) is 1. The van der Waals surface area contributed by atoms with Crippen molar-refractivity contribution in [2.45, 2.75) is 26.4 Å². The van der Waals surface area contributed by atoms with Crippen molar-refractivity contribution in [1.29, 1.82) is 0 Å². The number of benzene rings is 1. The van der Waals surface area contributed by atoms with Gasteiger partial charge in [-0.3, -0.25) is 0 Å². The second-order valence-corrected chi connectivity index (χ2v) is 5.53. The average molecular weight is 293 g/mol. The normalized spacial score (nSPS) is 11.3. The smallest absolute Gasteiger partial charge is 0.239 e. The molecule has 2 aromatic rings. The van der Waals surface area contributed by atoms with E-state index in [1.54, 1.807) is 6.07 Å². The predicted molar refractivity (Wildman–Crippen MR) is 78.7 cm³/mol. The van der Waals surface area contributed by atoms with Crippen LogP contribution < -0.4 is 15.8 Å². The van der Waals surface area contributed by atoms with Crippen LogP contribution in [0.25, 0.3) is 0 Å². The van der Waals surface area contributed by atoms with Crippen molar-refractivity contribution >= 4 is 17.2 Å². The van der Waals surface area contributed by atoms with Gasteiger partial charge in [-0.15, -0.1) is 0 Å². The van der Waals surface area contributed by atoms with Gasteiger partial charge in [0.05, 0.1) is 5.69 Å². The van der Waals surface area contributed by atoms with Crippen LogP contribution in [0.5, 0.6) is 5.88 Å². The summed E-state index contributed by atoms with van der Waals surface area (Å²) in [5.74, 6) is -0.949. The summed E-state index contributed by atoms with van der Waals surface area (Å²) in [5, 5.41) is 2.60. The van der Waals surface area contributed by atoms with Gasteiger partial charge >= 0.3 is 0 Å². The Morgan fingerprint density at radius 2 is 1.71 bits per heavy atom. The van der Waals surface area contributed by atoms with E-state index in [-0.39, 0.29) is 17.4 Å². The van der Waals surface area contributed by atoms with Crippen molar-refractivity contribution in [3.8, 4) is 5.88 Å². The largest absolute Gasteiger partial charge is 0.470 e. The molecule has 0 aliphatic rings. The Labute approximate surface area is 122 Å². The second-order valence-electron chi connectivity index (χ2n) is 5.53. The van der Waals surface area contributed by atoms with Crippen molar-refractivity contribution in [2.24, 2.45) is 0 Å². The fraction of sp³-hybridized carbons (Fsp3) is 0.267. The number of pyridine rings is 1. The molecule has 21 heavy (non-hydrogen) atoms. The fourth-order valence-electron chi connectivity index (χ4n) is 1.64. The van der Waals surface area contributed by atoms with Crippen LogP contribution in [0.4, 0.5) is 26.0 Å². The lowest BCUT2D eigenvalue weighted by atomic mass is 10.2. The summed E-state index contributed by atoms with van der Waals surface area (Å²) >= 11 is 0. The maximum Gasteiger partial charge on any atom is 0.239 e. The molecule has 0 saturated carbocycles. The Morgan fingerprint density at radius 3 is 2.29 bits per heavy atom. The molecule has 0 bridgehead atoms. The molecule has 0 spiro atoms. The van der Waals surface area contributed by atoms with Crippen molar-refractivity contribution in [3.63, 3.8) is 0 Å². The summed E-state index contributed by atoms with van der Waals surface area (Å²) in [5.41, 5.74) is 5.39. The zero-order valence-electron chi connectivity index (χ0n) is 12.1. The van der Waals surface area contributed by atoms with Crippen molar-refractivity contribution in [1.82, 2.24) is 4.98 Å². The molecule has 3 N–H and O–H groups in total. The number of rotatable bonds is 3. The molecule has 0 radical (unpaired) electrons. The highest BCUT2D eigenvalue weighted by molar-refractivity contribution is 5.61. The Bertz CT molecular complexity index is 634. The molecule has 112 valence electrons. The molecule has 6 heteroatoms. The van der Waals surface area contributed by atoms with Gasteiger partial charge in [-0.25, -0.2) is 8.78 Å². The summed E-state index contributed by atoms with van der Waals surface area (Å²) < 4.78 is 32.8. The molecule has 0 aliphatic heterocycles. The molecule has 0 atom stereocenters. The molecular weight excluding hydrogens is 276 g/mol. The minimum absolute atomic E-state index is 0.212. The lowest BCUT2D eigenvalue weighted by molar-refractivity contribution is 0.125. The minimum atomic E-state index is -0.702. The quantitative estimate of drug-likeness (QED) is 0.902. The average Bonchev–Trinajstić information content (AvgIpc) is 2.36. The SMILES string of the molecule is CC(C)(C)Oc1nc(Nc2c(F)cccc2F)ccc1N. The van der Waals surface area contributed by atoms with Crippen LogP contribution in [0.3, 0.4) is 0 Å². The van der Waals surface area contributed by atoms with Gasteiger partial charge in [0.1, 0.15) is 28.7 Å². The van der Waals surface area contributed by atoms with E-state index in [1.807, 2.05) is 20.8 Å². The van der Waals surface area contributed by atoms with Crippen LogP contribution in [0.1, 0.15) is 20.8 Å². The Hall–Kier alpha value is -2.37. The van der Waals surface area contributed by atoms with Crippen LogP contribution >= 0.6 is 0 Å². The third-order valence-electron chi connectivity index (χ3n) is 2.51. The number of para-hydroxylation sites is 1. The van der Waals surface area contributed by atoms with E-state index in [4.69, 9.17) is 10.5 Å². The minimum Gasteiger partial charge on any atom is -0.470 e. The standard InChI is InChI=1S/C15H17F2N3O/c1-15(2,3)21-14-11(18)7-8-12(20-14)19-13-9(16)5-4-6-10(13)17/h4-8H,18H2,1-3H3,(H,19,20). The van der Waals surface area contributed by atoms with Crippen LogP contribution in [0, 0.1) is 11.6 Å². The van der Waals surface area contributed by atoms with E-state index in [0.717, 1.165) is 12.1 Å². The summed E-state index contributed by atoms with van der Waals surface area (Å²) in [7, 11) is 0. The predicted octanol–water partition coefficient (Wildman–Crippen LogP) is 3.86. The maximum absolute atomic E-state index is 13.6. The number of nitrogens with two attached hydrogens (primary N) is 1. The Morgan fingerprint density at radius 1 is 1.10 bits per heavy atom. The highest BCUT2D eigenvalue weighted by atomic mass is 19.1. The van der Waals surface area contributed by atoms with Crippen molar-refractivity contribution in [2.75, 3.05) is 11.1 Å². The molecule has 4 nitrogen and oxygen atoms in total. The fourth-order valence-corrected chi connectivity index (χ4v) is 1.64. The van der Waals surface area contributed by atoms with Crippen LogP contribution in [0.15, 0.2) is 30.3 Å². The molecule has 2 rings (SSSR count). The number of nitrogen functional groups attached to an aromatic ring is 1. The number of anilines is 3. The van der Waals surface area contributed by atoms with Crippen molar-refractivity contribution < 1.29 is 13.5 Å². The van der Waals surface area contributed by atoms with E-state index in [1.165, 1.54) is 12.1 Å². The van der Waals surface area contributed by atoms with Gasteiger partial charge < -0.3 is 15.8 Å². The van der Waals surface area contributed by atoms with Gasteiger partial charge in [-0.05, 0) is 45.0 Å². The number of aromatic nitrogens is 1. The number of nitrogens with one attached hydrogen (secondary N) is 1. The van der Waals surface area contributed by atoms with Crippen LogP contribution in [-0.2, 0) is 0 Å². The first-order valence-electron chi connectivity index (χ1n) is 6.43. The van der Waals surface area contributed by atoms with Crippen LogP contribution in [0.2, 0.25) is 0 Å². The molecule has 0 aliphatic carbocycles. The van der Waals surface area contributed by atoms with E-state index >= 15 is 0 Å².